The number of nitrogens with one attached hydrogen (secondary N) is 1. The molecule has 3 aromatic carbocycles. The molecular formula is C21H13ClF3N3O2S. The second kappa shape index (κ2) is 8.09. The smallest absolute Gasteiger partial charge is 0.207 e. The molecule has 31 heavy (non-hydrogen) atoms. The van der Waals surface area contributed by atoms with Gasteiger partial charge in [-0.15, -0.1) is 0 Å². The molecule has 0 atom stereocenters. The minimum absolute atomic E-state index is 0.0340. The highest BCUT2D eigenvalue weighted by molar-refractivity contribution is 7.92. The summed E-state index contributed by atoms with van der Waals surface area (Å²) in [7, 11) is -4.07. The van der Waals surface area contributed by atoms with Crippen molar-refractivity contribution in [3.8, 4) is 22.5 Å². The summed E-state index contributed by atoms with van der Waals surface area (Å²) < 4.78 is 67.5. The van der Waals surface area contributed by atoms with Crippen LogP contribution in [0.3, 0.4) is 0 Å². The van der Waals surface area contributed by atoms with Gasteiger partial charge in [0, 0.05) is 22.7 Å². The van der Waals surface area contributed by atoms with Crippen molar-refractivity contribution in [2.75, 3.05) is 4.83 Å². The fourth-order valence-corrected chi connectivity index (χ4v) is 4.07. The maximum absolute atomic E-state index is 14.3. The molecule has 158 valence electrons. The first-order chi connectivity index (χ1) is 14.7. The Kier molecular flexibility index (Phi) is 5.47. The fourth-order valence-electron chi connectivity index (χ4n) is 2.95. The number of benzene rings is 3. The van der Waals surface area contributed by atoms with Crippen LogP contribution in [0.5, 0.6) is 0 Å². The molecule has 0 aliphatic carbocycles. The maximum atomic E-state index is 14.3. The lowest BCUT2D eigenvalue weighted by Gasteiger charge is -2.11. The van der Waals surface area contributed by atoms with E-state index in [0.29, 0.717) is 22.7 Å². The maximum Gasteiger partial charge on any atom is 0.276 e. The van der Waals surface area contributed by atoms with Crippen LogP contribution in [0.4, 0.5) is 13.2 Å². The number of hydrogen-bond acceptors (Lipinski definition) is 3. The van der Waals surface area contributed by atoms with Crippen molar-refractivity contribution in [2.24, 2.45) is 0 Å². The number of hydrogen-bond donors (Lipinski definition) is 1. The first-order valence-corrected chi connectivity index (χ1v) is 10.7. The van der Waals surface area contributed by atoms with Crippen LogP contribution < -0.4 is 4.83 Å². The van der Waals surface area contributed by atoms with E-state index in [9.17, 15) is 21.6 Å². The average molecular weight is 464 g/mol. The molecule has 0 saturated carbocycles. The van der Waals surface area contributed by atoms with Gasteiger partial charge in [0.1, 0.15) is 23.1 Å². The minimum Gasteiger partial charge on any atom is -0.207 e. The highest BCUT2D eigenvalue weighted by atomic mass is 35.5. The zero-order chi connectivity index (χ0) is 22.2. The quantitative estimate of drug-likeness (QED) is 0.441. The topological polar surface area (TPSA) is 64.0 Å². The molecule has 1 N–H and O–H groups in total. The first kappa shape index (κ1) is 21.0. The van der Waals surface area contributed by atoms with Gasteiger partial charge in [0.25, 0.3) is 10.0 Å². The Hall–Kier alpha value is -3.30. The number of halogens is 4. The molecule has 0 spiro atoms. The van der Waals surface area contributed by atoms with Crippen molar-refractivity contribution in [3.63, 3.8) is 0 Å². The molecule has 10 heteroatoms. The highest BCUT2D eigenvalue weighted by Crippen LogP contribution is 2.31. The zero-order valence-corrected chi connectivity index (χ0v) is 17.1. The summed E-state index contributed by atoms with van der Waals surface area (Å²) in [5.41, 5.74) is -0.152. The zero-order valence-electron chi connectivity index (χ0n) is 15.6. The molecule has 0 aliphatic heterocycles. The van der Waals surface area contributed by atoms with Crippen LogP contribution in [0.2, 0.25) is 5.02 Å². The van der Waals surface area contributed by atoms with Crippen molar-refractivity contribution in [2.45, 2.75) is 4.90 Å². The van der Waals surface area contributed by atoms with E-state index in [1.807, 2.05) is 0 Å². The molecule has 0 bridgehead atoms. The second-order valence-corrected chi connectivity index (χ2v) is 8.58. The van der Waals surface area contributed by atoms with Gasteiger partial charge in [-0.1, -0.05) is 41.9 Å². The summed E-state index contributed by atoms with van der Waals surface area (Å²) in [5, 5.41) is 4.47. The monoisotopic (exact) mass is 463 g/mol. The molecule has 1 heterocycles. The lowest BCUT2D eigenvalue weighted by Crippen LogP contribution is -2.25. The lowest BCUT2D eigenvalue weighted by molar-refractivity contribution is 0.547. The van der Waals surface area contributed by atoms with E-state index in [2.05, 4.69) is 9.93 Å². The number of rotatable bonds is 5. The van der Waals surface area contributed by atoms with E-state index in [1.165, 1.54) is 18.2 Å². The van der Waals surface area contributed by atoms with Crippen LogP contribution >= 0.6 is 11.6 Å². The van der Waals surface area contributed by atoms with Crippen LogP contribution in [0, 0.1) is 17.5 Å². The van der Waals surface area contributed by atoms with Crippen molar-refractivity contribution >= 4 is 21.6 Å². The lowest BCUT2D eigenvalue weighted by atomic mass is 10.1. The Morgan fingerprint density at radius 3 is 2.10 bits per heavy atom. The SMILES string of the molecule is O=S(=O)(Nn1nc(-c2c(F)cc(F)cc2F)cc1-c1ccc(Cl)cc1)c1ccccc1. The third-order valence-electron chi connectivity index (χ3n) is 4.37. The van der Waals surface area contributed by atoms with Gasteiger partial charge in [-0.2, -0.15) is 23.1 Å². The van der Waals surface area contributed by atoms with Gasteiger partial charge in [-0.25, -0.2) is 13.2 Å². The third kappa shape index (κ3) is 4.28. The second-order valence-electron chi connectivity index (χ2n) is 6.49. The first-order valence-electron chi connectivity index (χ1n) is 8.83. The van der Waals surface area contributed by atoms with E-state index < -0.39 is 33.0 Å². The van der Waals surface area contributed by atoms with Crippen molar-refractivity contribution in [3.05, 3.63) is 95.3 Å². The molecule has 4 rings (SSSR count). The standard InChI is InChI=1S/C21H13ClF3N3O2S/c22-14-8-6-13(7-9-14)20-12-19(21-17(24)10-15(23)11-18(21)25)26-28(20)27-31(29,30)16-4-2-1-3-5-16/h1-12,27H. The molecule has 0 radical (unpaired) electrons. The average Bonchev–Trinajstić information content (AvgIpc) is 3.11. The van der Waals surface area contributed by atoms with Gasteiger partial charge >= 0.3 is 0 Å². The van der Waals surface area contributed by atoms with Crippen LogP contribution in [0.25, 0.3) is 22.5 Å². The largest absolute Gasteiger partial charge is 0.276 e. The molecule has 0 amide bonds. The van der Waals surface area contributed by atoms with Gasteiger partial charge in [0.15, 0.2) is 0 Å². The van der Waals surface area contributed by atoms with Crippen LogP contribution in [0.1, 0.15) is 0 Å². The molecule has 0 fully saturated rings. The van der Waals surface area contributed by atoms with E-state index in [-0.39, 0.29) is 16.3 Å². The highest BCUT2D eigenvalue weighted by Gasteiger charge is 2.22. The Morgan fingerprint density at radius 1 is 0.871 bits per heavy atom. The Balaban J connectivity index is 1.87. The summed E-state index contributed by atoms with van der Waals surface area (Å²) in [5.74, 6) is -3.42. The fraction of sp³-hybridized carbons (Fsp3) is 0. The van der Waals surface area contributed by atoms with E-state index in [0.717, 1.165) is 4.79 Å². The summed E-state index contributed by atoms with van der Waals surface area (Å²) in [4.78, 5) is 3.14. The number of sulfonamides is 1. The van der Waals surface area contributed by atoms with Crippen LogP contribution in [-0.2, 0) is 10.0 Å². The predicted molar refractivity (Wildman–Crippen MR) is 111 cm³/mol. The van der Waals surface area contributed by atoms with Gasteiger partial charge in [-0.3, -0.25) is 0 Å². The predicted octanol–water partition coefficient (Wildman–Crippen LogP) is 5.22. The van der Waals surface area contributed by atoms with Gasteiger partial charge in [0.2, 0.25) is 0 Å². The van der Waals surface area contributed by atoms with E-state index in [4.69, 9.17) is 11.6 Å². The normalized spacial score (nSPS) is 11.5. The van der Waals surface area contributed by atoms with Crippen molar-refractivity contribution < 1.29 is 21.6 Å². The Labute approximate surface area is 180 Å². The summed E-state index contributed by atoms with van der Waals surface area (Å²) >= 11 is 5.91. The van der Waals surface area contributed by atoms with E-state index >= 15 is 0 Å². The number of nitrogens with zero attached hydrogens (tertiary/aromatic N) is 2. The molecule has 5 nitrogen and oxygen atoms in total. The molecule has 0 unspecified atom stereocenters. The molecule has 0 saturated heterocycles. The Morgan fingerprint density at radius 2 is 1.48 bits per heavy atom. The number of aromatic nitrogens is 2. The van der Waals surface area contributed by atoms with Crippen LogP contribution in [0.15, 0.2) is 77.7 Å². The van der Waals surface area contributed by atoms with Gasteiger partial charge in [0.05, 0.1) is 16.2 Å². The molecule has 0 aliphatic rings. The summed E-state index contributed by atoms with van der Waals surface area (Å²) in [6.45, 7) is 0. The Bertz CT molecular complexity index is 1340. The minimum atomic E-state index is -4.07. The summed E-state index contributed by atoms with van der Waals surface area (Å²) in [6.07, 6.45) is 0. The molecule has 4 aromatic rings. The molecule has 1 aromatic heterocycles. The third-order valence-corrected chi connectivity index (χ3v) is 5.93. The molecular weight excluding hydrogens is 451 g/mol. The van der Waals surface area contributed by atoms with Crippen molar-refractivity contribution in [1.82, 2.24) is 9.89 Å². The van der Waals surface area contributed by atoms with Gasteiger partial charge < -0.3 is 0 Å². The van der Waals surface area contributed by atoms with Crippen molar-refractivity contribution in [1.29, 1.82) is 0 Å². The van der Waals surface area contributed by atoms with Crippen LogP contribution in [-0.4, -0.2) is 18.3 Å². The van der Waals surface area contributed by atoms with E-state index in [1.54, 1.807) is 42.5 Å². The summed E-state index contributed by atoms with van der Waals surface area (Å²) in [6, 6.07) is 16.2. The van der Waals surface area contributed by atoms with Gasteiger partial charge in [-0.05, 0) is 30.3 Å².